The molecule has 108 valence electrons. The Hall–Kier alpha value is -2.05. The van der Waals surface area contributed by atoms with Gasteiger partial charge in [-0.25, -0.2) is 9.59 Å². The first-order valence-corrected chi connectivity index (χ1v) is 5.64. The minimum atomic E-state index is -1.30. The van der Waals surface area contributed by atoms with Crippen LogP contribution in [0.2, 0.25) is 0 Å². The first-order chi connectivity index (χ1) is 8.65. The fraction of sp³-hybridized carbons (Fsp3) is 0.583. The predicted molar refractivity (Wildman–Crippen MR) is 66.6 cm³/mol. The standard InChI is InChI=1S/C12H19NO6/c1-5-6-18-10(16)8(7-9(14)15)13-11(17)19-12(2,3)4/h5,8H,1,6-7H2,2-4H3,(H,13,17)(H,14,15). The monoisotopic (exact) mass is 273 g/mol. The van der Waals surface area contributed by atoms with E-state index >= 15 is 0 Å². The van der Waals surface area contributed by atoms with Gasteiger partial charge in [-0.1, -0.05) is 12.7 Å². The summed E-state index contributed by atoms with van der Waals surface area (Å²) in [6.45, 7) is 8.24. The molecular weight excluding hydrogens is 254 g/mol. The molecule has 0 rings (SSSR count). The van der Waals surface area contributed by atoms with Crippen LogP contribution in [0.1, 0.15) is 27.2 Å². The second-order valence-electron chi connectivity index (χ2n) is 4.72. The van der Waals surface area contributed by atoms with Crippen LogP contribution in [0, 0.1) is 0 Å². The summed E-state index contributed by atoms with van der Waals surface area (Å²) >= 11 is 0. The van der Waals surface area contributed by atoms with Crippen molar-refractivity contribution >= 4 is 18.0 Å². The molecule has 7 heteroatoms. The van der Waals surface area contributed by atoms with Gasteiger partial charge in [-0.15, -0.1) is 0 Å². The van der Waals surface area contributed by atoms with Gasteiger partial charge in [-0.05, 0) is 20.8 Å². The van der Waals surface area contributed by atoms with E-state index < -0.39 is 36.1 Å². The highest BCUT2D eigenvalue weighted by atomic mass is 16.6. The Labute approximate surface area is 111 Å². The van der Waals surface area contributed by atoms with Crippen molar-refractivity contribution in [2.75, 3.05) is 6.61 Å². The lowest BCUT2D eigenvalue weighted by molar-refractivity contribution is -0.149. The molecule has 1 unspecified atom stereocenters. The topological polar surface area (TPSA) is 102 Å². The molecule has 0 aliphatic rings. The van der Waals surface area contributed by atoms with Crippen LogP contribution in [0.5, 0.6) is 0 Å². The van der Waals surface area contributed by atoms with Gasteiger partial charge in [-0.3, -0.25) is 4.79 Å². The number of nitrogens with one attached hydrogen (secondary N) is 1. The number of carbonyl (C=O) groups excluding carboxylic acids is 2. The van der Waals surface area contributed by atoms with Gasteiger partial charge in [0.25, 0.3) is 0 Å². The Morgan fingerprint density at radius 3 is 2.37 bits per heavy atom. The smallest absolute Gasteiger partial charge is 0.408 e. The van der Waals surface area contributed by atoms with E-state index in [9.17, 15) is 14.4 Å². The van der Waals surface area contributed by atoms with E-state index in [4.69, 9.17) is 14.6 Å². The average molecular weight is 273 g/mol. The van der Waals surface area contributed by atoms with Crippen LogP contribution >= 0.6 is 0 Å². The summed E-state index contributed by atoms with van der Waals surface area (Å²) in [7, 11) is 0. The molecular formula is C12H19NO6. The highest BCUT2D eigenvalue weighted by Crippen LogP contribution is 2.07. The number of rotatable bonds is 6. The zero-order valence-corrected chi connectivity index (χ0v) is 11.3. The van der Waals surface area contributed by atoms with Crippen molar-refractivity contribution in [3.8, 4) is 0 Å². The number of hydrogen-bond acceptors (Lipinski definition) is 5. The van der Waals surface area contributed by atoms with Crippen molar-refractivity contribution < 1.29 is 29.0 Å². The molecule has 0 spiro atoms. The molecule has 0 aromatic rings. The number of carboxylic acid groups (broad SMARTS) is 1. The van der Waals surface area contributed by atoms with E-state index in [1.807, 2.05) is 0 Å². The molecule has 2 N–H and O–H groups in total. The van der Waals surface area contributed by atoms with E-state index in [0.717, 1.165) is 0 Å². The third-order valence-electron chi connectivity index (χ3n) is 1.70. The molecule has 0 radical (unpaired) electrons. The molecule has 0 fully saturated rings. The highest BCUT2D eigenvalue weighted by molar-refractivity contribution is 5.85. The van der Waals surface area contributed by atoms with Gasteiger partial charge in [-0.2, -0.15) is 0 Å². The molecule has 7 nitrogen and oxygen atoms in total. The summed E-state index contributed by atoms with van der Waals surface area (Å²) in [4.78, 5) is 33.6. The summed E-state index contributed by atoms with van der Waals surface area (Å²) in [6, 6.07) is -1.30. The van der Waals surface area contributed by atoms with Crippen LogP contribution in [-0.4, -0.2) is 41.4 Å². The summed E-state index contributed by atoms with van der Waals surface area (Å²) in [6.07, 6.45) is -0.132. The lowest BCUT2D eigenvalue weighted by atomic mass is 10.2. The Bertz CT molecular complexity index is 358. The van der Waals surface area contributed by atoms with Gasteiger partial charge in [0.15, 0.2) is 0 Å². The first-order valence-electron chi connectivity index (χ1n) is 5.64. The van der Waals surface area contributed by atoms with E-state index in [2.05, 4.69) is 11.9 Å². The number of hydrogen-bond donors (Lipinski definition) is 2. The number of carboxylic acids is 1. The molecule has 0 aliphatic heterocycles. The van der Waals surface area contributed by atoms with Gasteiger partial charge in [0.1, 0.15) is 18.2 Å². The van der Waals surface area contributed by atoms with Crippen molar-refractivity contribution in [3.63, 3.8) is 0 Å². The van der Waals surface area contributed by atoms with Crippen LogP contribution in [0.15, 0.2) is 12.7 Å². The third-order valence-corrected chi connectivity index (χ3v) is 1.70. The second kappa shape index (κ2) is 7.40. The van der Waals surface area contributed by atoms with E-state index in [0.29, 0.717) is 0 Å². The molecule has 0 aliphatic carbocycles. The number of carbonyl (C=O) groups is 3. The summed E-state index contributed by atoms with van der Waals surface area (Å²) < 4.78 is 9.63. The molecule has 1 amide bonds. The average Bonchev–Trinajstić information content (AvgIpc) is 2.21. The fourth-order valence-corrected chi connectivity index (χ4v) is 1.06. The van der Waals surface area contributed by atoms with Gasteiger partial charge >= 0.3 is 18.0 Å². The summed E-state index contributed by atoms with van der Waals surface area (Å²) in [5.41, 5.74) is -0.747. The van der Waals surface area contributed by atoms with Crippen molar-refractivity contribution in [2.24, 2.45) is 0 Å². The molecule has 1 atom stereocenters. The van der Waals surface area contributed by atoms with Crippen molar-refractivity contribution in [3.05, 3.63) is 12.7 Å². The maximum atomic E-state index is 11.5. The number of esters is 1. The molecule has 0 aromatic carbocycles. The van der Waals surface area contributed by atoms with Crippen molar-refractivity contribution in [1.29, 1.82) is 0 Å². The Morgan fingerprint density at radius 2 is 1.95 bits per heavy atom. The van der Waals surface area contributed by atoms with Crippen LogP contribution in [-0.2, 0) is 19.1 Å². The van der Waals surface area contributed by atoms with Crippen LogP contribution in [0.3, 0.4) is 0 Å². The minimum Gasteiger partial charge on any atom is -0.481 e. The molecule has 0 aromatic heterocycles. The number of amides is 1. The Kier molecular flexibility index (Phi) is 6.60. The summed E-state index contributed by atoms with van der Waals surface area (Å²) in [5.74, 6) is -2.09. The van der Waals surface area contributed by atoms with Crippen LogP contribution in [0.4, 0.5) is 4.79 Å². The zero-order valence-electron chi connectivity index (χ0n) is 11.3. The first kappa shape index (κ1) is 16.9. The minimum absolute atomic E-state index is 0.0645. The van der Waals surface area contributed by atoms with Crippen LogP contribution < -0.4 is 5.32 Å². The van der Waals surface area contributed by atoms with Crippen molar-refractivity contribution in [2.45, 2.75) is 38.8 Å². The largest absolute Gasteiger partial charge is 0.481 e. The van der Waals surface area contributed by atoms with Gasteiger partial charge in [0.05, 0.1) is 6.42 Å². The number of ether oxygens (including phenoxy) is 2. The number of aliphatic carboxylic acids is 1. The quantitative estimate of drug-likeness (QED) is 0.554. The predicted octanol–water partition coefficient (Wildman–Crippen LogP) is 1.08. The molecule has 0 bridgehead atoms. The SMILES string of the molecule is C=CCOC(=O)C(CC(=O)O)NC(=O)OC(C)(C)C. The van der Waals surface area contributed by atoms with Crippen LogP contribution in [0.25, 0.3) is 0 Å². The molecule has 0 saturated heterocycles. The zero-order chi connectivity index (χ0) is 15.1. The normalized spacial score (nSPS) is 12.2. The highest BCUT2D eigenvalue weighted by Gasteiger charge is 2.27. The van der Waals surface area contributed by atoms with E-state index in [-0.39, 0.29) is 6.61 Å². The molecule has 0 heterocycles. The van der Waals surface area contributed by atoms with E-state index in [1.54, 1.807) is 20.8 Å². The lowest BCUT2D eigenvalue weighted by Crippen LogP contribution is -2.45. The second-order valence-corrected chi connectivity index (χ2v) is 4.72. The van der Waals surface area contributed by atoms with Gasteiger partial charge in [0.2, 0.25) is 0 Å². The molecule has 19 heavy (non-hydrogen) atoms. The third kappa shape index (κ3) is 8.64. The van der Waals surface area contributed by atoms with E-state index in [1.165, 1.54) is 6.08 Å². The number of alkyl carbamates (subject to hydrolysis) is 1. The lowest BCUT2D eigenvalue weighted by Gasteiger charge is -2.22. The maximum absolute atomic E-state index is 11.5. The Balaban J connectivity index is 4.58. The maximum Gasteiger partial charge on any atom is 0.408 e. The van der Waals surface area contributed by atoms with Gasteiger partial charge < -0.3 is 19.9 Å². The van der Waals surface area contributed by atoms with Crippen molar-refractivity contribution in [1.82, 2.24) is 5.32 Å². The molecule has 0 saturated carbocycles. The summed E-state index contributed by atoms with van der Waals surface area (Å²) in [5, 5.41) is 10.8. The van der Waals surface area contributed by atoms with Gasteiger partial charge in [0, 0.05) is 0 Å². The fourth-order valence-electron chi connectivity index (χ4n) is 1.06. The Morgan fingerprint density at radius 1 is 1.37 bits per heavy atom.